The zero-order chi connectivity index (χ0) is 12.4. The third-order valence-electron chi connectivity index (χ3n) is 2.70. The molecule has 0 aromatic heterocycles. The Morgan fingerprint density at radius 2 is 1.65 bits per heavy atom. The second-order valence-electron chi connectivity index (χ2n) is 3.88. The van der Waals surface area contributed by atoms with Crippen molar-refractivity contribution in [2.24, 2.45) is 0 Å². The molecule has 0 aliphatic carbocycles. The predicted molar refractivity (Wildman–Crippen MR) is 75.3 cm³/mol. The fraction of sp³-hybridized carbons (Fsp3) is 0.143. The first-order valence-corrected chi connectivity index (χ1v) is 6.43. The molecular formula is C14H11Cl3. The molecule has 0 saturated carbocycles. The zero-order valence-corrected chi connectivity index (χ0v) is 11.5. The molecule has 0 spiro atoms. The van der Waals surface area contributed by atoms with Gasteiger partial charge in [-0.15, -0.1) is 11.6 Å². The van der Waals surface area contributed by atoms with Gasteiger partial charge in [-0.05, 0) is 35.7 Å². The summed E-state index contributed by atoms with van der Waals surface area (Å²) in [6.07, 6.45) is 0. The van der Waals surface area contributed by atoms with E-state index in [1.807, 2.05) is 37.3 Å². The largest absolute Gasteiger partial charge is 0.113 e. The van der Waals surface area contributed by atoms with Gasteiger partial charge in [-0.1, -0.05) is 53.5 Å². The average molecular weight is 286 g/mol. The number of aryl methyl sites for hydroxylation is 1. The molecule has 3 heteroatoms. The van der Waals surface area contributed by atoms with E-state index < -0.39 is 0 Å². The van der Waals surface area contributed by atoms with Gasteiger partial charge in [-0.2, -0.15) is 0 Å². The van der Waals surface area contributed by atoms with Crippen molar-refractivity contribution in [1.29, 1.82) is 0 Å². The minimum atomic E-state index is -0.249. The fourth-order valence-corrected chi connectivity index (χ4v) is 2.75. The van der Waals surface area contributed by atoms with Crippen LogP contribution in [0, 0.1) is 6.92 Å². The molecule has 88 valence electrons. The summed E-state index contributed by atoms with van der Waals surface area (Å²) in [6, 6.07) is 13.4. The van der Waals surface area contributed by atoms with Crippen molar-refractivity contribution in [3.63, 3.8) is 0 Å². The Labute approximate surface area is 116 Å². The first-order valence-electron chi connectivity index (χ1n) is 5.24. The summed E-state index contributed by atoms with van der Waals surface area (Å²) in [4.78, 5) is 0. The molecule has 0 radical (unpaired) electrons. The third-order valence-corrected chi connectivity index (χ3v) is 3.73. The molecule has 0 nitrogen and oxygen atoms in total. The van der Waals surface area contributed by atoms with Crippen LogP contribution in [0.4, 0.5) is 0 Å². The van der Waals surface area contributed by atoms with Crippen LogP contribution in [0.5, 0.6) is 0 Å². The molecule has 0 N–H and O–H groups in total. The van der Waals surface area contributed by atoms with Gasteiger partial charge in [0.2, 0.25) is 0 Å². The molecule has 2 aromatic carbocycles. The van der Waals surface area contributed by atoms with Crippen LogP contribution in [0.2, 0.25) is 10.0 Å². The van der Waals surface area contributed by atoms with Crippen molar-refractivity contribution in [2.75, 3.05) is 0 Å². The Hall–Kier alpha value is -0.690. The Bertz CT molecular complexity index is 535. The van der Waals surface area contributed by atoms with Crippen LogP contribution >= 0.6 is 34.8 Å². The van der Waals surface area contributed by atoms with E-state index in [1.165, 1.54) is 0 Å². The SMILES string of the molecule is Cc1ccccc1C(Cl)c1ccc(Cl)cc1Cl. The maximum absolute atomic E-state index is 6.47. The van der Waals surface area contributed by atoms with Crippen molar-refractivity contribution in [3.8, 4) is 0 Å². The summed E-state index contributed by atoms with van der Waals surface area (Å²) in [5, 5.41) is 0.967. The normalized spacial score (nSPS) is 12.5. The van der Waals surface area contributed by atoms with E-state index >= 15 is 0 Å². The first kappa shape index (κ1) is 12.8. The number of halogens is 3. The van der Waals surface area contributed by atoms with Crippen LogP contribution in [0.3, 0.4) is 0 Å². The van der Waals surface area contributed by atoms with Crippen LogP contribution in [-0.2, 0) is 0 Å². The summed E-state index contributed by atoms with van der Waals surface area (Å²) in [6.45, 7) is 2.04. The molecule has 17 heavy (non-hydrogen) atoms. The van der Waals surface area contributed by atoms with Gasteiger partial charge in [0.15, 0.2) is 0 Å². The quantitative estimate of drug-likeness (QED) is 0.627. The molecule has 0 bridgehead atoms. The van der Waals surface area contributed by atoms with Gasteiger partial charge in [0, 0.05) is 10.0 Å². The van der Waals surface area contributed by atoms with E-state index in [9.17, 15) is 0 Å². The minimum absolute atomic E-state index is 0.249. The molecule has 1 atom stereocenters. The molecule has 0 amide bonds. The number of rotatable bonds is 2. The highest BCUT2D eigenvalue weighted by Crippen LogP contribution is 2.36. The minimum Gasteiger partial charge on any atom is -0.113 e. The van der Waals surface area contributed by atoms with E-state index in [4.69, 9.17) is 34.8 Å². The van der Waals surface area contributed by atoms with Crippen LogP contribution in [0.15, 0.2) is 42.5 Å². The second-order valence-corrected chi connectivity index (χ2v) is 5.17. The Kier molecular flexibility index (Phi) is 3.98. The second kappa shape index (κ2) is 5.30. The maximum Gasteiger partial charge on any atom is 0.0852 e. The lowest BCUT2D eigenvalue weighted by molar-refractivity contribution is 1.11. The van der Waals surface area contributed by atoms with E-state index in [0.717, 1.165) is 16.7 Å². The summed E-state index contributed by atoms with van der Waals surface area (Å²) >= 11 is 18.5. The third kappa shape index (κ3) is 2.77. The summed E-state index contributed by atoms with van der Waals surface area (Å²) < 4.78 is 0. The topological polar surface area (TPSA) is 0 Å². The van der Waals surface area contributed by atoms with Gasteiger partial charge in [-0.3, -0.25) is 0 Å². The lowest BCUT2D eigenvalue weighted by Crippen LogP contribution is -1.96. The Morgan fingerprint density at radius 3 is 2.29 bits per heavy atom. The van der Waals surface area contributed by atoms with Gasteiger partial charge in [0.25, 0.3) is 0 Å². The summed E-state index contributed by atoms with van der Waals surface area (Å²) in [7, 11) is 0. The number of hydrogen-bond donors (Lipinski definition) is 0. The summed E-state index contributed by atoms with van der Waals surface area (Å²) in [5.41, 5.74) is 3.10. The fourth-order valence-electron chi connectivity index (χ4n) is 1.75. The molecule has 0 heterocycles. The van der Waals surface area contributed by atoms with Crippen molar-refractivity contribution < 1.29 is 0 Å². The maximum atomic E-state index is 6.47. The number of hydrogen-bond acceptors (Lipinski definition) is 0. The van der Waals surface area contributed by atoms with Crippen LogP contribution < -0.4 is 0 Å². The van der Waals surface area contributed by atoms with Gasteiger partial charge < -0.3 is 0 Å². The monoisotopic (exact) mass is 284 g/mol. The Morgan fingerprint density at radius 1 is 0.941 bits per heavy atom. The van der Waals surface area contributed by atoms with Crippen LogP contribution in [0.25, 0.3) is 0 Å². The number of alkyl halides is 1. The lowest BCUT2D eigenvalue weighted by atomic mass is 10.00. The summed E-state index contributed by atoms with van der Waals surface area (Å²) in [5.74, 6) is 0. The highest BCUT2D eigenvalue weighted by molar-refractivity contribution is 6.36. The molecular weight excluding hydrogens is 275 g/mol. The average Bonchev–Trinajstić information content (AvgIpc) is 2.29. The predicted octanol–water partition coefficient (Wildman–Crippen LogP) is 5.63. The van der Waals surface area contributed by atoms with Crippen LogP contribution in [0.1, 0.15) is 22.1 Å². The lowest BCUT2D eigenvalue weighted by Gasteiger charge is -2.14. The van der Waals surface area contributed by atoms with Crippen LogP contribution in [-0.4, -0.2) is 0 Å². The van der Waals surface area contributed by atoms with Gasteiger partial charge >= 0.3 is 0 Å². The van der Waals surface area contributed by atoms with E-state index in [-0.39, 0.29) is 5.38 Å². The molecule has 1 unspecified atom stereocenters. The van der Waals surface area contributed by atoms with Gasteiger partial charge in [-0.25, -0.2) is 0 Å². The van der Waals surface area contributed by atoms with E-state index in [1.54, 1.807) is 12.1 Å². The molecule has 0 aliphatic heterocycles. The molecule has 2 aromatic rings. The highest BCUT2D eigenvalue weighted by Gasteiger charge is 2.15. The zero-order valence-electron chi connectivity index (χ0n) is 9.25. The number of benzene rings is 2. The van der Waals surface area contributed by atoms with E-state index in [2.05, 4.69) is 0 Å². The first-order chi connectivity index (χ1) is 8.09. The molecule has 0 fully saturated rings. The molecule has 0 aliphatic rings. The highest BCUT2D eigenvalue weighted by atomic mass is 35.5. The van der Waals surface area contributed by atoms with Gasteiger partial charge in [0.05, 0.1) is 5.38 Å². The van der Waals surface area contributed by atoms with Crippen molar-refractivity contribution in [3.05, 3.63) is 69.2 Å². The standard InChI is InChI=1S/C14H11Cl3/c1-9-4-2-3-5-11(9)14(17)12-7-6-10(15)8-13(12)16/h2-8,14H,1H3. The van der Waals surface area contributed by atoms with Crippen molar-refractivity contribution >= 4 is 34.8 Å². The molecule has 2 rings (SSSR count). The van der Waals surface area contributed by atoms with Gasteiger partial charge in [0.1, 0.15) is 0 Å². The molecule has 0 saturated heterocycles. The van der Waals surface area contributed by atoms with E-state index in [0.29, 0.717) is 10.0 Å². The Balaban J connectivity index is 2.44. The van der Waals surface area contributed by atoms with Crippen molar-refractivity contribution in [2.45, 2.75) is 12.3 Å². The smallest absolute Gasteiger partial charge is 0.0852 e. The van der Waals surface area contributed by atoms with Crippen molar-refractivity contribution in [1.82, 2.24) is 0 Å².